The van der Waals surface area contributed by atoms with E-state index in [0.29, 0.717) is 17.8 Å². The second kappa shape index (κ2) is 8.43. The maximum atomic E-state index is 12.2. The quantitative estimate of drug-likeness (QED) is 0.203. The molecule has 0 fully saturated rings. The number of aromatic amines is 1. The maximum absolute atomic E-state index is 12.2. The molecule has 0 radical (unpaired) electrons. The molecule has 3 aromatic carbocycles. The minimum atomic E-state index is -0.402. The number of ether oxygens (including phenoxy) is 1. The van der Waals surface area contributed by atoms with Crippen molar-refractivity contribution in [3.05, 3.63) is 99.9 Å². The van der Waals surface area contributed by atoms with Crippen LogP contribution >= 0.6 is 0 Å². The van der Waals surface area contributed by atoms with Gasteiger partial charge in [0.2, 0.25) is 0 Å². The summed E-state index contributed by atoms with van der Waals surface area (Å²) in [5.74, 6) is 0.170. The molecule has 5 aromatic rings. The Balaban J connectivity index is 1.72. The standard InChI is InChI=1S/C28H23NO4/c1-3-26(30)32-24-16-21-17(2)13-27(31)33-25(21)15-19(24)14-22-20-11-7-8-12-23(20)29-28(22)18-9-5-4-6-10-18/h4-13,15-16,29H,3,14H2,1-2H3. The predicted octanol–water partition coefficient (Wildman–Crippen LogP) is 6.16. The summed E-state index contributed by atoms with van der Waals surface area (Å²) in [5, 5.41) is 1.84. The maximum Gasteiger partial charge on any atom is 0.336 e. The fourth-order valence-electron chi connectivity index (χ4n) is 4.24. The number of para-hydroxylation sites is 1. The van der Waals surface area contributed by atoms with Crippen LogP contribution in [-0.2, 0) is 11.2 Å². The Labute approximate surface area is 190 Å². The zero-order valence-electron chi connectivity index (χ0n) is 18.5. The molecule has 1 N–H and O–H groups in total. The number of carbonyl (C=O) groups excluding carboxylic acids is 1. The van der Waals surface area contributed by atoms with E-state index < -0.39 is 5.63 Å². The minimum absolute atomic E-state index is 0.267. The van der Waals surface area contributed by atoms with E-state index in [-0.39, 0.29) is 12.4 Å². The van der Waals surface area contributed by atoms with Crippen LogP contribution in [0.4, 0.5) is 0 Å². The molecule has 5 rings (SSSR count). The number of benzene rings is 3. The lowest BCUT2D eigenvalue weighted by Gasteiger charge is -2.13. The average molecular weight is 437 g/mol. The molecule has 2 aromatic heterocycles. The lowest BCUT2D eigenvalue weighted by Crippen LogP contribution is -2.08. The predicted molar refractivity (Wildman–Crippen MR) is 130 cm³/mol. The first-order valence-corrected chi connectivity index (χ1v) is 11.0. The van der Waals surface area contributed by atoms with Gasteiger partial charge in [0.15, 0.2) is 0 Å². The zero-order chi connectivity index (χ0) is 22.9. The van der Waals surface area contributed by atoms with Crippen LogP contribution < -0.4 is 10.4 Å². The van der Waals surface area contributed by atoms with E-state index >= 15 is 0 Å². The summed E-state index contributed by atoms with van der Waals surface area (Å²) in [6.45, 7) is 3.61. The van der Waals surface area contributed by atoms with E-state index in [1.807, 2.05) is 49.4 Å². The molecule has 0 atom stereocenters. The van der Waals surface area contributed by atoms with Crippen LogP contribution in [0.2, 0.25) is 0 Å². The van der Waals surface area contributed by atoms with E-state index in [1.165, 1.54) is 6.07 Å². The topological polar surface area (TPSA) is 72.3 Å². The van der Waals surface area contributed by atoms with Crippen LogP contribution in [0.15, 0.2) is 82.0 Å². The highest BCUT2D eigenvalue weighted by atomic mass is 16.5. The molecule has 0 spiro atoms. The summed E-state index contributed by atoms with van der Waals surface area (Å²) in [4.78, 5) is 27.8. The molecule has 0 aliphatic heterocycles. The Morgan fingerprint density at radius 2 is 1.73 bits per heavy atom. The molecule has 0 saturated carbocycles. The largest absolute Gasteiger partial charge is 0.426 e. The Morgan fingerprint density at radius 1 is 0.970 bits per heavy atom. The molecular weight excluding hydrogens is 414 g/mol. The second-order valence-electron chi connectivity index (χ2n) is 8.10. The first-order valence-electron chi connectivity index (χ1n) is 11.0. The molecule has 164 valence electrons. The van der Waals surface area contributed by atoms with E-state index in [1.54, 1.807) is 13.0 Å². The molecule has 0 saturated heterocycles. The van der Waals surface area contributed by atoms with Crippen LogP contribution in [0.3, 0.4) is 0 Å². The summed E-state index contributed by atoms with van der Waals surface area (Å²) < 4.78 is 11.2. The molecule has 0 unspecified atom stereocenters. The molecule has 2 heterocycles. The molecular formula is C28H23NO4. The van der Waals surface area contributed by atoms with Crippen molar-refractivity contribution in [3.8, 4) is 17.0 Å². The van der Waals surface area contributed by atoms with Gasteiger partial charge in [-0.3, -0.25) is 4.79 Å². The summed E-state index contributed by atoms with van der Waals surface area (Å²) in [5.41, 5.74) is 5.82. The zero-order valence-corrected chi connectivity index (χ0v) is 18.5. The Bertz CT molecular complexity index is 1540. The van der Waals surface area contributed by atoms with Crippen molar-refractivity contribution in [2.45, 2.75) is 26.7 Å². The van der Waals surface area contributed by atoms with E-state index in [2.05, 4.69) is 23.2 Å². The fraction of sp³-hybridized carbons (Fsp3) is 0.143. The molecule has 5 heteroatoms. The van der Waals surface area contributed by atoms with Gasteiger partial charge in [0.05, 0.1) is 5.69 Å². The minimum Gasteiger partial charge on any atom is -0.426 e. The number of nitrogens with one attached hydrogen (secondary N) is 1. The number of rotatable bonds is 5. The van der Waals surface area contributed by atoms with E-state index in [9.17, 15) is 9.59 Å². The van der Waals surface area contributed by atoms with Gasteiger partial charge in [-0.05, 0) is 41.8 Å². The monoisotopic (exact) mass is 437 g/mol. The molecule has 5 nitrogen and oxygen atoms in total. The first kappa shape index (κ1) is 20.8. The first-order chi connectivity index (χ1) is 16.0. The van der Waals surface area contributed by atoms with Gasteiger partial charge >= 0.3 is 11.6 Å². The number of hydrogen-bond acceptors (Lipinski definition) is 4. The number of aryl methyl sites for hydroxylation is 1. The van der Waals surface area contributed by atoms with Crippen molar-refractivity contribution in [1.29, 1.82) is 0 Å². The summed E-state index contributed by atoms with van der Waals surface area (Å²) in [6, 6.07) is 23.3. The highest BCUT2D eigenvalue weighted by Crippen LogP contribution is 2.36. The lowest BCUT2D eigenvalue weighted by molar-refractivity contribution is -0.134. The number of H-pyrrole nitrogens is 1. The molecule has 0 bridgehead atoms. The third kappa shape index (κ3) is 3.94. The van der Waals surface area contributed by atoms with Gasteiger partial charge in [-0.2, -0.15) is 0 Å². The van der Waals surface area contributed by atoms with Gasteiger partial charge in [0.1, 0.15) is 11.3 Å². The van der Waals surface area contributed by atoms with Crippen molar-refractivity contribution < 1.29 is 13.9 Å². The summed E-state index contributed by atoms with van der Waals surface area (Å²) in [6.07, 6.45) is 0.761. The Hall–Kier alpha value is -4.12. The summed E-state index contributed by atoms with van der Waals surface area (Å²) in [7, 11) is 0. The summed E-state index contributed by atoms with van der Waals surface area (Å²) >= 11 is 0. The SMILES string of the molecule is CCC(=O)Oc1cc2c(C)cc(=O)oc2cc1Cc1c(-c2ccccc2)[nH]c2ccccc12. The van der Waals surface area contributed by atoms with Crippen LogP contribution in [0, 0.1) is 6.92 Å². The molecule has 33 heavy (non-hydrogen) atoms. The van der Waals surface area contributed by atoms with E-state index in [0.717, 1.165) is 44.2 Å². The normalized spacial score (nSPS) is 11.2. The van der Waals surface area contributed by atoms with Gasteiger partial charge < -0.3 is 14.1 Å². The van der Waals surface area contributed by atoms with Crippen molar-refractivity contribution in [2.24, 2.45) is 0 Å². The van der Waals surface area contributed by atoms with Crippen LogP contribution in [0.5, 0.6) is 5.75 Å². The number of hydrogen-bond donors (Lipinski definition) is 1. The van der Waals surface area contributed by atoms with Gasteiger partial charge in [-0.15, -0.1) is 0 Å². The van der Waals surface area contributed by atoms with Gasteiger partial charge in [-0.25, -0.2) is 4.79 Å². The van der Waals surface area contributed by atoms with Crippen LogP contribution in [0.25, 0.3) is 33.1 Å². The third-order valence-corrected chi connectivity index (χ3v) is 5.89. The Kier molecular flexibility index (Phi) is 5.31. The highest BCUT2D eigenvalue weighted by molar-refractivity contribution is 5.92. The third-order valence-electron chi connectivity index (χ3n) is 5.89. The number of esters is 1. The fourth-order valence-corrected chi connectivity index (χ4v) is 4.24. The number of aromatic nitrogens is 1. The van der Waals surface area contributed by atoms with Crippen molar-refractivity contribution >= 4 is 27.8 Å². The highest BCUT2D eigenvalue weighted by Gasteiger charge is 2.18. The average Bonchev–Trinajstić information content (AvgIpc) is 3.18. The van der Waals surface area contributed by atoms with Gasteiger partial charge in [0.25, 0.3) is 0 Å². The van der Waals surface area contributed by atoms with E-state index in [4.69, 9.17) is 9.15 Å². The van der Waals surface area contributed by atoms with Crippen LogP contribution in [-0.4, -0.2) is 11.0 Å². The number of carbonyl (C=O) groups is 1. The lowest BCUT2D eigenvalue weighted by atomic mass is 9.96. The van der Waals surface area contributed by atoms with Crippen LogP contribution in [0.1, 0.15) is 30.0 Å². The molecule has 0 amide bonds. The molecule has 0 aliphatic carbocycles. The van der Waals surface area contributed by atoms with Gasteiger partial charge in [-0.1, -0.05) is 55.5 Å². The smallest absolute Gasteiger partial charge is 0.336 e. The van der Waals surface area contributed by atoms with Crippen molar-refractivity contribution in [1.82, 2.24) is 4.98 Å². The van der Waals surface area contributed by atoms with Crippen molar-refractivity contribution in [3.63, 3.8) is 0 Å². The Morgan fingerprint density at radius 3 is 2.52 bits per heavy atom. The van der Waals surface area contributed by atoms with Gasteiger partial charge in [0, 0.05) is 40.8 Å². The molecule has 0 aliphatic rings. The number of fused-ring (bicyclic) bond motifs is 2. The van der Waals surface area contributed by atoms with Crippen molar-refractivity contribution in [2.75, 3.05) is 0 Å². The second-order valence-corrected chi connectivity index (χ2v) is 8.10.